The number of ether oxygens (including phenoxy) is 1. The summed E-state index contributed by atoms with van der Waals surface area (Å²) in [6, 6.07) is 26.8. The van der Waals surface area contributed by atoms with Crippen molar-refractivity contribution in [1.29, 1.82) is 0 Å². The number of nitrogens with zero attached hydrogens (tertiary/aromatic N) is 2. The SMILES string of the molecule is CC(C)C1=CC(c2ccccc2)=CC(C(C)C)[C@H]1N1c2ccccc2N(C)C1c1cccc2c1OC1C=CC=CC21. The molecule has 3 aromatic rings. The number of rotatable bonds is 5. The molecule has 4 aliphatic rings. The Morgan fingerprint density at radius 1 is 0.756 bits per heavy atom. The third-order valence-corrected chi connectivity index (χ3v) is 9.47. The largest absolute Gasteiger partial charge is 0.485 e. The molecule has 0 fully saturated rings. The lowest BCUT2D eigenvalue weighted by Gasteiger charge is -2.46. The summed E-state index contributed by atoms with van der Waals surface area (Å²) in [6.07, 6.45) is 13.9. The summed E-state index contributed by atoms with van der Waals surface area (Å²) in [5.41, 5.74) is 9.25. The first kappa shape index (κ1) is 26.0. The maximum Gasteiger partial charge on any atom is 0.132 e. The lowest BCUT2D eigenvalue weighted by atomic mass is 9.73. The Bertz CT molecular complexity index is 1580. The van der Waals surface area contributed by atoms with Crippen LogP contribution in [0.1, 0.15) is 56.5 Å². The van der Waals surface area contributed by atoms with E-state index in [0.29, 0.717) is 17.8 Å². The number of benzene rings is 3. The van der Waals surface area contributed by atoms with Crippen LogP contribution in [-0.4, -0.2) is 19.2 Å². The van der Waals surface area contributed by atoms with Crippen molar-refractivity contribution >= 4 is 16.9 Å². The molecule has 0 saturated heterocycles. The molecule has 0 N–H and O–H groups in total. The van der Waals surface area contributed by atoms with Gasteiger partial charge in [-0.25, -0.2) is 0 Å². The Morgan fingerprint density at radius 3 is 2.22 bits per heavy atom. The predicted molar refractivity (Wildman–Crippen MR) is 171 cm³/mol. The summed E-state index contributed by atoms with van der Waals surface area (Å²) in [4.78, 5) is 5.18. The number of para-hydroxylation sites is 3. The molecule has 5 atom stereocenters. The summed E-state index contributed by atoms with van der Waals surface area (Å²) in [6.45, 7) is 9.48. The maximum atomic E-state index is 6.74. The van der Waals surface area contributed by atoms with Gasteiger partial charge in [-0.05, 0) is 46.8 Å². The summed E-state index contributed by atoms with van der Waals surface area (Å²) in [5, 5.41) is 0. The molecule has 2 heterocycles. The molecule has 208 valence electrons. The van der Waals surface area contributed by atoms with Gasteiger partial charge < -0.3 is 14.5 Å². The van der Waals surface area contributed by atoms with E-state index in [9.17, 15) is 0 Å². The first-order valence-corrected chi connectivity index (χ1v) is 15.2. The highest BCUT2D eigenvalue weighted by Gasteiger charge is 2.47. The average Bonchev–Trinajstić information content (AvgIpc) is 3.52. The van der Waals surface area contributed by atoms with Gasteiger partial charge in [0.2, 0.25) is 0 Å². The molecule has 0 aromatic heterocycles. The van der Waals surface area contributed by atoms with E-state index in [-0.39, 0.29) is 24.2 Å². The molecule has 41 heavy (non-hydrogen) atoms. The summed E-state index contributed by atoms with van der Waals surface area (Å²) >= 11 is 0. The van der Waals surface area contributed by atoms with Gasteiger partial charge in [0.25, 0.3) is 0 Å². The number of allylic oxidation sites excluding steroid dienone is 4. The van der Waals surface area contributed by atoms with Crippen molar-refractivity contribution in [2.45, 2.75) is 51.9 Å². The quantitative estimate of drug-likeness (QED) is 0.321. The minimum absolute atomic E-state index is 0.0236. The van der Waals surface area contributed by atoms with E-state index in [1.165, 1.54) is 39.2 Å². The molecule has 7 rings (SSSR count). The second-order valence-corrected chi connectivity index (χ2v) is 12.6. The normalized spacial score (nSPS) is 26.1. The van der Waals surface area contributed by atoms with Crippen LogP contribution in [0.15, 0.2) is 115 Å². The number of hydrogen-bond acceptors (Lipinski definition) is 3. The van der Waals surface area contributed by atoms with Crippen molar-refractivity contribution in [2.24, 2.45) is 17.8 Å². The van der Waals surface area contributed by atoms with Gasteiger partial charge in [0.05, 0.1) is 17.4 Å². The highest BCUT2D eigenvalue weighted by atomic mass is 16.5. The van der Waals surface area contributed by atoms with Crippen LogP contribution in [0.2, 0.25) is 0 Å². The molecular weight excluding hydrogens is 500 g/mol. The molecule has 2 aliphatic heterocycles. The van der Waals surface area contributed by atoms with Crippen molar-refractivity contribution in [3.8, 4) is 5.75 Å². The fourth-order valence-corrected chi connectivity index (χ4v) is 7.44. The molecular formula is C38H40N2O. The van der Waals surface area contributed by atoms with E-state index in [2.05, 4.69) is 154 Å². The van der Waals surface area contributed by atoms with Crippen LogP contribution in [0.3, 0.4) is 0 Å². The van der Waals surface area contributed by atoms with Gasteiger partial charge in [-0.15, -0.1) is 0 Å². The average molecular weight is 541 g/mol. The summed E-state index contributed by atoms with van der Waals surface area (Å²) < 4.78 is 6.74. The monoisotopic (exact) mass is 540 g/mol. The molecule has 3 aromatic carbocycles. The van der Waals surface area contributed by atoms with Crippen molar-refractivity contribution in [3.05, 3.63) is 132 Å². The van der Waals surface area contributed by atoms with Gasteiger partial charge in [0.15, 0.2) is 0 Å². The zero-order valence-corrected chi connectivity index (χ0v) is 24.7. The molecule has 2 aliphatic carbocycles. The Morgan fingerprint density at radius 2 is 1.46 bits per heavy atom. The molecule has 0 amide bonds. The highest BCUT2D eigenvalue weighted by Crippen LogP contribution is 2.55. The van der Waals surface area contributed by atoms with Crippen LogP contribution in [0.4, 0.5) is 11.4 Å². The minimum Gasteiger partial charge on any atom is -0.485 e. The highest BCUT2D eigenvalue weighted by molar-refractivity contribution is 5.82. The van der Waals surface area contributed by atoms with Gasteiger partial charge >= 0.3 is 0 Å². The van der Waals surface area contributed by atoms with E-state index < -0.39 is 0 Å². The van der Waals surface area contributed by atoms with Crippen LogP contribution < -0.4 is 14.5 Å². The topological polar surface area (TPSA) is 15.7 Å². The fraction of sp³-hybridized carbons (Fsp3) is 0.316. The van der Waals surface area contributed by atoms with Gasteiger partial charge in [0.1, 0.15) is 18.0 Å². The second-order valence-electron chi connectivity index (χ2n) is 12.6. The molecule has 0 saturated carbocycles. The van der Waals surface area contributed by atoms with Gasteiger partial charge in [0, 0.05) is 30.0 Å². The van der Waals surface area contributed by atoms with Crippen LogP contribution in [0.5, 0.6) is 5.75 Å². The van der Waals surface area contributed by atoms with Crippen LogP contribution >= 0.6 is 0 Å². The first-order valence-electron chi connectivity index (χ1n) is 15.2. The second kappa shape index (κ2) is 10.1. The summed E-state index contributed by atoms with van der Waals surface area (Å²) in [5.74, 6) is 2.55. The Hall–Kier alpha value is -3.98. The van der Waals surface area contributed by atoms with E-state index >= 15 is 0 Å². The standard InChI is InChI=1S/C38H40N2O/c1-24(2)31-22-27(26-14-7-6-8-15-26)23-32(25(3)4)36(31)40-34-20-11-10-19-33(34)39(5)38(40)30-18-13-17-29-28-16-9-12-21-35(28)41-37(29)30/h6-25,28,31,35-36,38H,1-5H3/t28?,31?,35?,36-,38?/m1/s1. The molecule has 3 heteroatoms. The van der Waals surface area contributed by atoms with Crippen molar-refractivity contribution in [1.82, 2.24) is 0 Å². The van der Waals surface area contributed by atoms with Gasteiger partial charge in [-0.2, -0.15) is 0 Å². The van der Waals surface area contributed by atoms with Crippen molar-refractivity contribution in [2.75, 3.05) is 16.8 Å². The smallest absolute Gasteiger partial charge is 0.132 e. The minimum atomic E-state index is 0.0236. The van der Waals surface area contributed by atoms with Crippen LogP contribution in [0, 0.1) is 17.8 Å². The third-order valence-electron chi connectivity index (χ3n) is 9.47. The van der Waals surface area contributed by atoms with E-state index in [0.717, 1.165) is 5.75 Å². The lowest BCUT2D eigenvalue weighted by Crippen LogP contribution is -2.48. The van der Waals surface area contributed by atoms with Crippen LogP contribution in [-0.2, 0) is 0 Å². The number of fused-ring (bicyclic) bond motifs is 4. The summed E-state index contributed by atoms with van der Waals surface area (Å²) in [7, 11) is 2.25. The number of hydrogen-bond donors (Lipinski definition) is 0. The Kier molecular flexibility index (Phi) is 6.42. The Balaban J connectivity index is 1.40. The van der Waals surface area contributed by atoms with E-state index in [4.69, 9.17) is 4.74 Å². The molecule has 0 spiro atoms. The van der Waals surface area contributed by atoms with Gasteiger partial charge in [-0.3, -0.25) is 0 Å². The molecule has 3 nitrogen and oxygen atoms in total. The van der Waals surface area contributed by atoms with Crippen LogP contribution in [0.25, 0.3) is 5.57 Å². The van der Waals surface area contributed by atoms with E-state index in [1.807, 2.05) is 0 Å². The molecule has 0 radical (unpaired) electrons. The molecule has 0 bridgehead atoms. The molecule has 4 unspecified atom stereocenters. The lowest BCUT2D eigenvalue weighted by molar-refractivity contribution is 0.264. The Labute approximate surface area is 245 Å². The zero-order chi connectivity index (χ0) is 28.2. The third kappa shape index (κ3) is 4.17. The first-order chi connectivity index (χ1) is 19.9. The van der Waals surface area contributed by atoms with E-state index in [1.54, 1.807) is 0 Å². The van der Waals surface area contributed by atoms with Crippen molar-refractivity contribution < 1.29 is 4.74 Å². The van der Waals surface area contributed by atoms with Crippen molar-refractivity contribution in [3.63, 3.8) is 0 Å². The number of anilines is 2. The predicted octanol–water partition coefficient (Wildman–Crippen LogP) is 8.93. The maximum absolute atomic E-state index is 6.74. The fourth-order valence-electron chi connectivity index (χ4n) is 7.44. The zero-order valence-electron chi connectivity index (χ0n) is 24.7. The van der Waals surface area contributed by atoms with Gasteiger partial charge in [-0.1, -0.05) is 119 Å².